The van der Waals surface area contributed by atoms with Crippen LogP contribution in [0.2, 0.25) is 0 Å². The first-order valence-electron chi connectivity index (χ1n) is 3.80. The number of nitrogens with zero attached hydrogens (tertiary/aromatic N) is 1. The first-order chi connectivity index (χ1) is 5.27. The van der Waals surface area contributed by atoms with E-state index < -0.39 is 0 Å². The molecule has 2 rings (SSSR count). The lowest BCUT2D eigenvalue weighted by Gasteiger charge is -2.24. The van der Waals surface area contributed by atoms with Gasteiger partial charge in [-0.1, -0.05) is 23.3 Å². The molecule has 0 aromatic heterocycles. The zero-order chi connectivity index (χ0) is 7.84. The van der Waals surface area contributed by atoms with Gasteiger partial charge in [-0.05, 0) is 6.92 Å². The van der Waals surface area contributed by atoms with Gasteiger partial charge in [0.15, 0.2) is 0 Å². The molecule has 2 heterocycles. The van der Waals surface area contributed by atoms with Crippen LogP contribution < -0.4 is 5.32 Å². The minimum Gasteiger partial charge on any atom is -0.357 e. The van der Waals surface area contributed by atoms with Crippen LogP contribution in [0.5, 0.6) is 0 Å². The van der Waals surface area contributed by atoms with Crippen molar-refractivity contribution in [1.29, 1.82) is 0 Å². The van der Waals surface area contributed by atoms with E-state index in [0.29, 0.717) is 0 Å². The van der Waals surface area contributed by atoms with E-state index in [2.05, 4.69) is 23.2 Å². The van der Waals surface area contributed by atoms with Crippen molar-refractivity contribution in [3.63, 3.8) is 0 Å². The van der Waals surface area contributed by atoms with Gasteiger partial charge in [0.1, 0.15) is 5.16 Å². The van der Waals surface area contributed by atoms with E-state index in [4.69, 9.17) is 11.6 Å². The zero-order valence-corrected chi connectivity index (χ0v) is 7.28. The summed E-state index contributed by atoms with van der Waals surface area (Å²) in [5, 5.41) is 3.95. The molecule has 0 saturated carbocycles. The van der Waals surface area contributed by atoms with Crippen LogP contribution >= 0.6 is 11.6 Å². The number of rotatable bonds is 0. The Labute approximate surface area is 71.5 Å². The third-order valence-corrected chi connectivity index (χ3v) is 2.50. The monoisotopic (exact) mass is 170 g/mol. The van der Waals surface area contributed by atoms with Gasteiger partial charge < -0.3 is 10.2 Å². The Bertz CT molecular complexity index is 242. The highest BCUT2D eigenvalue weighted by atomic mass is 35.5. The summed E-state index contributed by atoms with van der Waals surface area (Å²) < 4.78 is 0. The summed E-state index contributed by atoms with van der Waals surface area (Å²) >= 11 is 5.93. The smallest absolute Gasteiger partial charge is 0.123 e. The zero-order valence-electron chi connectivity index (χ0n) is 6.52. The Morgan fingerprint density at radius 1 is 1.64 bits per heavy atom. The molecule has 3 heteroatoms. The Balaban J connectivity index is 2.26. The molecule has 2 aliphatic rings. The van der Waals surface area contributed by atoms with Crippen molar-refractivity contribution in [3.05, 3.63) is 22.5 Å². The Hall–Kier alpha value is -0.630. The fraction of sp³-hybridized carbons (Fsp3) is 0.500. The maximum absolute atomic E-state index is 5.93. The summed E-state index contributed by atoms with van der Waals surface area (Å²) in [6, 6.07) is 0. The van der Waals surface area contributed by atoms with Gasteiger partial charge in [-0.25, -0.2) is 0 Å². The number of allylic oxidation sites excluding steroid dienone is 1. The first-order valence-corrected chi connectivity index (χ1v) is 4.18. The van der Waals surface area contributed by atoms with Gasteiger partial charge >= 0.3 is 0 Å². The molecule has 2 aliphatic heterocycles. The number of fused-ring (bicyclic) bond motifs is 1. The van der Waals surface area contributed by atoms with Gasteiger partial charge in [-0.15, -0.1) is 0 Å². The van der Waals surface area contributed by atoms with Crippen LogP contribution in [0.25, 0.3) is 0 Å². The number of halogens is 1. The van der Waals surface area contributed by atoms with E-state index in [0.717, 1.165) is 24.8 Å². The number of hydrogen-bond donors (Lipinski definition) is 1. The molecular weight excluding hydrogens is 160 g/mol. The average Bonchev–Trinajstić information content (AvgIpc) is 2.32. The highest BCUT2D eigenvalue weighted by Crippen LogP contribution is 2.26. The molecule has 0 amide bonds. The summed E-state index contributed by atoms with van der Waals surface area (Å²) in [5.74, 6) is 0. The molecule has 0 spiro atoms. The predicted molar refractivity (Wildman–Crippen MR) is 46.0 cm³/mol. The molecule has 0 saturated heterocycles. The summed E-state index contributed by atoms with van der Waals surface area (Å²) in [7, 11) is 0. The molecular formula is C8H11ClN2. The Morgan fingerprint density at radius 2 is 2.45 bits per heavy atom. The predicted octanol–water partition coefficient (Wildman–Crippen LogP) is 1.61. The van der Waals surface area contributed by atoms with Crippen molar-refractivity contribution in [1.82, 2.24) is 10.2 Å². The quantitative estimate of drug-likeness (QED) is 0.439. The van der Waals surface area contributed by atoms with E-state index in [1.165, 1.54) is 11.3 Å². The molecule has 0 radical (unpaired) electrons. The van der Waals surface area contributed by atoms with E-state index in [1.807, 2.05) is 0 Å². The maximum Gasteiger partial charge on any atom is 0.123 e. The van der Waals surface area contributed by atoms with Gasteiger partial charge in [-0.3, -0.25) is 0 Å². The summed E-state index contributed by atoms with van der Waals surface area (Å²) in [6.07, 6.45) is 3.22. The molecule has 0 unspecified atom stereocenters. The lowest BCUT2D eigenvalue weighted by molar-refractivity contribution is 0.376. The number of nitrogens with one attached hydrogen (secondary N) is 1. The largest absolute Gasteiger partial charge is 0.357 e. The van der Waals surface area contributed by atoms with Crippen molar-refractivity contribution >= 4 is 11.6 Å². The molecule has 2 nitrogen and oxygen atoms in total. The molecule has 0 atom stereocenters. The van der Waals surface area contributed by atoms with Crippen molar-refractivity contribution in [2.75, 3.05) is 13.2 Å². The van der Waals surface area contributed by atoms with Crippen LogP contribution in [-0.4, -0.2) is 18.1 Å². The second-order valence-electron chi connectivity index (χ2n) is 3.05. The van der Waals surface area contributed by atoms with Crippen LogP contribution in [0, 0.1) is 0 Å². The Kier molecular flexibility index (Phi) is 1.57. The number of hydrogen-bond acceptors (Lipinski definition) is 2. The molecule has 11 heavy (non-hydrogen) atoms. The molecule has 1 N–H and O–H groups in total. The lowest BCUT2D eigenvalue weighted by atomic mass is 10.1. The molecule has 0 aromatic carbocycles. The minimum absolute atomic E-state index is 0.828. The molecule has 0 bridgehead atoms. The van der Waals surface area contributed by atoms with Gasteiger partial charge in [0.05, 0.1) is 12.4 Å². The van der Waals surface area contributed by atoms with E-state index in [9.17, 15) is 0 Å². The van der Waals surface area contributed by atoms with Crippen molar-refractivity contribution in [3.8, 4) is 0 Å². The van der Waals surface area contributed by atoms with E-state index in [-0.39, 0.29) is 0 Å². The van der Waals surface area contributed by atoms with Crippen LogP contribution in [0.4, 0.5) is 0 Å². The summed E-state index contributed by atoms with van der Waals surface area (Å²) in [4.78, 5) is 2.28. The second kappa shape index (κ2) is 2.45. The fourth-order valence-corrected chi connectivity index (χ4v) is 1.76. The van der Waals surface area contributed by atoms with Gasteiger partial charge in [-0.2, -0.15) is 0 Å². The lowest BCUT2D eigenvalue weighted by Crippen LogP contribution is -2.27. The summed E-state index contributed by atoms with van der Waals surface area (Å²) in [6.45, 7) is 4.06. The van der Waals surface area contributed by atoms with Crippen LogP contribution in [0.3, 0.4) is 0 Å². The van der Waals surface area contributed by atoms with Crippen LogP contribution in [0.1, 0.15) is 13.3 Å². The summed E-state index contributed by atoms with van der Waals surface area (Å²) in [5.41, 5.74) is 2.68. The van der Waals surface area contributed by atoms with Crippen LogP contribution in [-0.2, 0) is 0 Å². The fourth-order valence-electron chi connectivity index (χ4n) is 1.51. The van der Waals surface area contributed by atoms with Crippen LogP contribution in [0.15, 0.2) is 22.5 Å². The SMILES string of the molecule is CC1=CCC2=C(Cl)NCN2C1. The highest BCUT2D eigenvalue weighted by molar-refractivity contribution is 6.29. The Morgan fingerprint density at radius 3 is 3.27 bits per heavy atom. The van der Waals surface area contributed by atoms with Gasteiger partial charge in [0.2, 0.25) is 0 Å². The van der Waals surface area contributed by atoms with Crippen molar-refractivity contribution < 1.29 is 0 Å². The molecule has 0 aromatic rings. The third kappa shape index (κ3) is 1.11. The highest BCUT2D eigenvalue weighted by Gasteiger charge is 2.22. The van der Waals surface area contributed by atoms with Crippen molar-refractivity contribution in [2.24, 2.45) is 0 Å². The van der Waals surface area contributed by atoms with Gasteiger partial charge in [0, 0.05) is 13.0 Å². The average molecular weight is 171 g/mol. The standard InChI is InChI=1S/C8H11ClN2/c1-6-2-3-7-8(9)10-5-11(7)4-6/h2,10H,3-5H2,1H3. The maximum atomic E-state index is 5.93. The molecule has 0 aliphatic carbocycles. The van der Waals surface area contributed by atoms with Crippen molar-refractivity contribution in [2.45, 2.75) is 13.3 Å². The van der Waals surface area contributed by atoms with E-state index in [1.54, 1.807) is 0 Å². The third-order valence-electron chi connectivity index (χ3n) is 2.14. The van der Waals surface area contributed by atoms with Gasteiger partial charge in [0.25, 0.3) is 0 Å². The second-order valence-corrected chi connectivity index (χ2v) is 3.43. The minimum atomic E-state index is 0.828. The first kappa shape index (κ1) is 7.04. The topological polar surface area (TPSA) is 15.3 Å². The molecule has 0 fully saturated rings. The molecule has 60 valence electrons. The normalized spacial score (nSPS) is 23.1. The van der Waals surface area contributed by atoms with E-state index >= 15 is 0 Å².